The van der Waals surface area contributed by atoms with Crippen LogP contribution in [0.2, 0.25) is 0 Å². The zero-order valence-electron chi connectivity index (χ0n) is 11.3. The van der Waals surface area contributed by atoms with Gasteiger partial charge in [-0.3, -0.25) is 4.90 Å². The van der Waals surface area contributed by atoms with Gasteiger partial charge in [0, 0.05) is 6.54 Å². The van der Waals surface area contributed by atoms with Crippen LogP contribution >= 0.6 is 0 Å². The minimum atomic E-state index is 0.834. The number of rotatable bonds is 5. The van der Waals surface area contributed by atoms with Crippen LogP contribution in [0.15, 0.2) is 24.3 Å². The Hall–Kier alpha value is -1.06. The van der Waals surface area contributed by atoms with Gasteiger partial charge in [-0.15, -0.1) is 0 Å². The molecule has 0 spiro atoms. The van der Waals surface area contributed by atoms with Crippen LogP contribution in [0.3, 0.4) is 0 Å². The summed E-state index contributed by atoms with van der Waals surface area (Å²) in [6, 6.07) is 8.37. The standard InChI is InChI=1S/C15H24N2O/c1-18-15-4-2-3-14(11-15)12-17-9-6-13(5-8-16)7-10-17/h2-4,11,13H,5-10,12,16H2,1H3. The smallest absolute Gasteiger partial charge is 0.119 e. The van der Waals surface area contributed by atoms with Crippen LogP contribution in [-0.2, 0) is 6.54 Å². The number of hydrogen-bond donors (Lipinski definition) is 1. The van der Waals surface area contributed by atoms with Gasteiger partial charge in [-0.2, -0.15) is 0 Å². The summed E-state index contributed by atoms with van der Waals surface area (Å²) in [5, 5.41) is 0. The second kappa shape index (κ2) is 6.76. The minimum absolute atomic E-state index is 0.834. The van der Waals surface area contributed by atoms with Crippen LogP contribution < -0.4 is 10.5 Å². The van der Waals surface area contributed by atoms with E-state index in [-0.39, 0.29) is 0 Å². The summed E-state index contributed by atoms with van der Waals surface area (Å²) in [6.45, 7) is 4.26. The van der Waals surface area contributed by atoms with Crippen LogP contribution in [0.25, 0.3) is 0 Å². The van der Waals surface area contributed by atoms with E-state index >= 15 is 0 Å². The molecule has 1 aliphatic rings. The van der Waals surface area contributed by atoms with E-state index in [4.69, 9.17) is 10.5 Å². The number of nitrogens with zero attached hydrogens (tertiary/aromatic N) is 1. The van der Waals surface area contributed by atoms with Gasteiger partial charge in [-0.05, 0) is 62.5 Å². The first-order valence-electron chi connectivity index (χ1n) is 6.87. The van der Waals surface area contributed by atoms with Crippen LogP contribution in [0, 0.1) is 5.92 Å². The summed E-state index contributed by atoms with van der Waals surface area (Å²) < 4.78 is 5.26. The maximum atomic E-state index is 5.62. The van der Waals surface area contributed by atoms with Crippen molar-refractivity contribution in [1.29, 1.82) is 0 Å². The monoisotopic (exact) mass is 248 g/mol. The van der Waals surface area contributed by atoms with Crippen LogP contribution in [0.4, 0.5) is 0 Å². The lowest BCUT2D eigenvalue weighted by molar-refractivity contribution is 0.173. The van der Waals surface area contributed by atoms with Crippen LogP contribution in [-0.4, -0.2) is 31.6 Å². The van der Waals surface area contributed by atoms with E-state index < -0.39 is 0 Å². The largest absolute Gasteiger partial charge is 0.497 e. The van der Waals surface area contributed by atoms with E-state index in [0.717, 1.165) is 24.8 Å². The summed E-state index contributed by atoms with van der Waals surface area (Å²) in [5.41, 5.74) is 6.96. The third-order valence-corrected chi connectivity index (χ3v) is 3.82. The van der Waals surface area contributed by atoms with Crippen molar-refractivity contribution >= 4 is 0 Å². The Morgan fingerprint density at radius 1 is 1.33 bits per heavy atom. The molecule has 0 saturated carbocycles. The molecular weight excluding hydrogens is 224 g/mol. The molecule has 1 aromatic carbocycles. The summed E-state index contributed by atoms with van der Waals surface area (Å²) in [7, 11) is 1.72. The molecule has 0 bridgehead atoms. The van der Waals surface area contributed by atoms with Gasteiger partial charge in [0.15, 0.2) is 0 Å². The SMILES string of the molecule is COc1cccc(CN2CCC(CCN)CC2)c1. The second-order valence-electron chi connectivity index (χ2n) is 5.15. The number of piperidine rings is 1. The zero-order chi connectivity index (χ0) is 12.8. The molecular formula is C15H24N2O. The Labute approximate surface area is 110 Å². The van der Waals surface area contributed by atoms with Gasteiger partial charge in [0.05, 0.1) is 7.11 Å². The first-order chi connectivity index (χ1) is 8.81. The molecule has 1 heterocycles. The third kappa shape index (κ3) is 3.72. The van der Waals surface area contributed by atoms with Crippen molar-refractivity contribution in [2.75, 3.05) is 26.7 Å². The molecule has 18 heavy (non-hydrogen) atoms. The molecule has 0 aliphatic carbocycles. The molecule has 3 nitrogen and oxygen atoms in total. The topological polar surface area (TPSA) is 38.5 Å². The molecule has 3 heteroatoms. The van der Waals surface area contributed by atoms with E-state index in [9.17, 15) is 0 Å². The second-order valence-corrected chi connectivity index (χ2v) is 5.15. The van der Waals surface area contributed by atoms with Gasteiger partial charge in [-0.25, -0.2) is 0 Å². The van der Waals surface area contributed by atoms with E-state index in [2.05, 4.69) is 23.1 Å². The maximum absolute atomic E-state index is 5.62. The first kappa shape index (κ1) is 13.4. The molecule has 1 fully saturated rings. The number of benzene rings is 1. The summed E-state index contributed by atoms with van der Waals surface area (Å²) in [4.78, 5) is 2.53. The molecule has 0 atom stereocenters. The average Bonchev–Trinajstić information content (AvgIpc) is 2.42. The Balaban J connectivity index is 1.83. The molecule has 0 unspecified atom stereocenters. The molecule has 0 radical (unpaired) electrons. The highest BCUT2D eigenvalue weighted by Gasteiger charge is 2.18. The van der Waals surface area contributed by atoms with Gasteiger partial charge in [0.25, 0.3) is 0 Å². The first-order valence-corrected chi connectivity index (χ1v) is 6.87. The van der Waals surface area contributed by atoms with E-state index in [1.807, 2.05) is 6.07 Å². The predicted octanol–water partition coefficient (Wildman–Crippen LogP) is 2.26. The molecule has 0 aromatic heterocycles. The van der Waals surface area contributed by atoms with Gasteiger partial charge in [0.2, 0.25) is 0 Å². The third-order valence-electron chi connectivity index (χ3n) is 3.82. The van der Waals surface area contributed by atoms with E-state index in [1.165, 1.54) is 37.9 Å². The normalized spacial score (nSPS) is 17.9. The summed E-state index contributed by atoms with van der Waals surface area (Å²) >= 11 is 0. The fourth-order valence-corrected chi connectivity index (χ4v) is 2.70. The lowest BCUT2D eigenvalue weighted by atomic mass is 9.93. The summed E-state index contributed by atoms with van der Waals surface area (Å²) in [5.74, 6) is 1.79. The Morgan fingerprint density at radius 2 is 2.11 bits per heavy atom. The van der Waals surface area contributed by atoms with Gasteiger partial charge < -0.3 is 10.5 Å². The molecule has 2 N–H and O–H groups in total. The van der Waals surface area contributed by atoms with Crippen molar-refractivity contribution in [2.45, 2.75) is 25.8 Å². The van der Waals surface area contributed by atoms with Gasteiger partial charge >= 0.3 is 0 Å². The fraction of sp³-hybridized carbons (Fsp3) is 0.600. The molecule has 0 amide bonds. The lowest BCUT2D eigenvalue weighted by Crippen LogP contribution is -2.33. The highest BCUT2D eigenvalue weighted by atomic mass is 16.5. The van der Waals surface area contributed by atoms with Crippen molar-refractivity contribution in [1.82, 2.24) is 4.90 Å². The summed E-state index contributed by atoms with van der Waals surface area (Å²) in [6.07, 6.45) is 3.77. The Morgan fingerprint density at radius 3 is 2.78 bits per heavy atom. The molecule has 2 rings (SSSR count). The molecule has 1 saturated heterocycles. The van der Waals surface area contributed by atoms with Crippen LogP contribution in [0.5, 0.6) is 5.75 Å². The number of likely N-dealkylation sites (tertiary alicyclic amines) is 1. The van der Waals surface area contributed by atoms with Crippen molar-refractivity contribution in [2.24, 2.45) is 11.7 Å². The minimum Gasteiger partial charge on any atom is -0.497 e. The Kier molecular flexibility index (Phi) is 5.02. The highest BCUT2D eigenvalue weighted by Crippen LogP contribution is 2.22. The van der Waals surface area contributed by atoms with Crippen molar-refractivity contribution in [3.63, 3.8) is 0 Å². The van der Waals surface area contributed by atoms with Crippen molar-refractivity contribution in [3.05, 3.63) is 29.8 Å². The Bertz CT molecular complexity index is 359. The number of ether oxygens (including phenoxy) is 1. The zero-order valence-corrected chi connectivity index (χ0v) is 11.3. The average molecular weight is 248 g/mol. The predicted molar refractivity (Wildman–Crippen MR) is 74.7 cm³/mol. The molecule has 1 aromatic rings. The van der Waals surface area contributed by atoms with Crippen LogP contribution in [0.1, 0.15) is 24.8 Å². The highest BCUT2D eigenvalue weighted by molar-refractivity contribution is 5.28. The lowest BCUT2D eigenvalue weighted by Gasteiger charge is -2.31. The van der Waals surface area contributed by atoms with Gasteiger partial charge in [0.1, 0.15) is 5.75 Å². The molecule has 1 aliphatic heterocycles. The quantitative estimate of drug-likeness (QED) is 0.868. The van der Waals surface area contributed by atoms with E-state index in [0.29, 0.717) is 0 Å². The van der Waals surface area contributed by atoms with Crippen molar-refractivity contribution < 1.29 is 4.74 Å². The van der Waals surface area contributed by atoms with E-state index in [1.54, 1.807) is 7.11 Å². The van der Waals surface area contributed by atoms with Crippen molar-refractivity contribution in [3.8, 4) is 5.75 Å². The maximum Gasteiger partial charge on any atom is 0.119 e. The number of methoxy groups -OCH3 is 1. The molecule has 100 valence electrons. The number of nitrogens with two attached hydrogens (primary N) is 1. The van der Waals surface area contributed by atoms with Gasteiger partial charge in [-0.1, -0.05) is 12.1 Å². The number of hydrogen-bond acceptors (Lipinski definition) is 3. The fourth-order valence-electron chi connectivity index (χ4n) is 2.70.